The average molecular weight is 246 g/mol. The molecule has 3 rings (SSSR count). The summed E-state index contributed by atoms with van der Waals surface area (Å²) in [7, 11) is 0. The number of carbonyl (C=O) groups is 1. The predicted molar refractivity (Wildman–Crippen MR) is 62.6 cm³/mol. The summed E-state index contributed by atoms with van der Waals surface area (Å²) in [5.74, 6) is -0.263. The molecule has 0 saturated heterocycles. The fraction of sp³-hybridized carbons (Fsp3) is 0.182. The summed E-state index contributed by atoms with van der Waals surface area (Å²) in [6, 6.07) is 3.32. The molecule has 0 unspecified atom stereocenters. The van der Waals surface area contributed by atoms with Crippen LogP contribution in [0.4, 0.5) is 0 Å². The van der Waals surface area contributed by atoms with Gasteiger partial charge in [0.2, 0.25) is 0 Å². The molecule has 18 heavy (non-hydrogen) atoms. The van der Waals surface area contributed by atoms with Gasteiger partial charge in [-0.1, -0.05) is 0 Å². The van der Waals surface area contributed by atoms with Crippen LogP contribution in [0.2, 0.25) is 0 Å². The van der Waals surface area contributed by atoms with Gasteiger partial charge in [0.15, 0.2) is 5.78 Å². The Kier molecular flexibility index (Phi) is 2.11. The molecule has 0 aliphatic rings. The second-order valence-electron chi connectivity index (χ2n) is 3.99. The van der Waals surface area contributed by atoms with E-state index in [2.05, 4.69) is 14.9 Å². The maximum atomic E-state index is 11.9. The molecule has 0 aliphatic heterocycles. The smallest absolute Gasteiger partial charge is 0.179 e. The van der Waals surface area contributed by atoms with Gasteiger partial charge in [-0.25, -0.2) is 4.63 Å². The van der Waals surface area contributed by atoms with E-state index in [1.165, 1.54) is 0 Å². The fourth-order valence-corrected chi connectivity index (χ4v) is 2.17. The lowest BCUT2D eigenvalue weighted by atomic mass is 10.1. The minimum absolute atomic E-state index is 0.137. The molecule has 2 heterocycles. The van der Waals surface area contributed by atoms with Crippen molar-refractivity contribution in [3.05, 3.63) is 23.4 Å². The van der Waals surface area contributed by atoms with Crippen LogP contribution in [-0.2, 0) is 0 Å². The Morgan fingerprint density at radius 1 is 1.50 bits per heavy atom. The molecule has 0 bridgehead atoms. The number of nitrogens with two attached hydrogens (primary N) is 1. The third kappa shape index (κ3) is 1.19. The Morgan fingerprint density at radius 2 is 2.28 bits per heavy atom. The first-order valence-corrected chi connectivity index (χ1v) is 5.34. The number of carbonyl (C=O) groups excluding carboxylic acids is 1. The lowest BCUT2D eigenvalue weighted by molar-refractivity contribution is 0.0999. The predicted octanol–water partition coefficient (Wildman–Crippen LogP) is 0.865. The average Bonchev–Trinajstić information content (AvgIpc) is 2.94. The molecule has 1 aromatic carbocycles. The van der Waals surface area contributed by atoms with Gasteiger partial charge in [-0.15, -0.1) is 0 Å². The quantitative estimate of drug-likeness (QED) is 0.513. The number of rotatable bonds is 2. The molecule has 3 N–H and O–H groups in total. The van der Waals surface area contributed by atoms with Crippen molar-refractivity contribution in [1.29, 1.82) is 0 Å². The number of benzene rings is 1. The molecule has 3 aromatic rings. The van der Waals surface area contributed by atoms with Crippen molar-refractivity contribution < 1.29 is 14.6 Å². The minimum Gasteiger partial charge on any atom is -0.428 e. The molecule has 0 amide bonds. The molecule has 92 valence electrons. The van der Waals surface area contributed by atoms with Gasteiger partial charge in [0.1, 0.15) is 11.0 Å². The number of fused-ring (bicyclic) bond motifs is 3. The monoisotopic (exact) mass is 246 g/mol. The Bertz CT molecular complexity index is 771. The summed E-state index contributed by atoms with van der Waals surface area (Å²) >= 11 is 0. The van der Waals surface area contributed by atoms with E-state index in [1.807, 2.05) is 0 Å². The zero-order valence-electron chi connectivity index (χ0n) is 9.54. The van der Waals surface area contributed by atoms with E-state index in [4.69, 9.17) is 5.73 Å². The molecule has 0 fully saturated rings. The molecule has 0 spiro atoms. The van der Waals surface area contributed by atoms with E-state index in [0.717, 1.165) is 4.73 Å². The van der Waals surface area contributed by atoms with E-state index < -0.39 is 0 Å². The molecule has 7 heteroatoms. The fourth-order valence-electron chi connectivity index (χ4n) is 2.17. The highest BCUT2D eigenvalue weighted by molar-refractivity contribution is 6.17. The molecule has 7 nitrogen and oxygen atoms in total. The van der Waals surface area contributed by atoms with Gasteiger partial charge in [-0.3, -0.25) is 4.79 Å². The standard InChI is InChI=1S/C11H10N4O3/c1-5-9(8(16)4-12)10-7(15(5)17)3-2-6-11(10)14-18-13-6/h2-3,17H,4,12H2,1H3. The number of ketones is 1. The summed E-state index contributed by atoms with van der Waals surface area (Å²) in [5, 5.41) is 18.0. The van der Waals surface area contributed by atoms with Crippen LogP contribution in [0.15, 0.2) is 16.8 Å². The van der Waals surface area contributed by atoms with Crippen LogP contribution in [0.25, 0.3) is 21.9 Å². The van der Waals surface area contributed by atoms with Gasteiger partial charge in [0.25, 0.3) is 0 Å². The van der Waals surface area contributed by atoms with Gasteiger partial charge < -0.3 is 10.9 Å². The number of hydrogen-bond acceptors (Lipinski definition) is 6. The van der Waals surface area contributed by atoms with Crippen molar-refractivity contribution in [1.82, 2.24) is 15.0 Å². The highest BCUT2D eigenvalue weighted by atomic mass is 16.6. The largest absolute Gasteiger partial charge is 0.428 e. The second-order valence-corrected chi connectivity index (χ2v) is 3.99. The van der Waals surface area contributed by atoms with Gasteiger partial charge in [0, 0.05) is 5.39 Å². The highest BCUT2D eigenvalue weighted by Crippen LogP contribution is 2.30. The molecular formula is C11H10N4O3. The first kappa shape index (κ1) is 10.7. The summed E-state index contributed by atoms with van der Waals surface area (Å²) in [6.07, 6.45) is 0. The van der Waals surface area contributed by atoms with Crippen LogP contribution in [0.5, 0.6) is 0 Å². The zero-order valence-corrected chi connectivity index (χ0v) is 9.54. The van der Waals surface area contributed by atoms with Gasteiger partial charge in [-0.05, 0) is 29.4 Å². The highest BCUT2D eigenvalue weighted by Gasteiger charge is 2.22. The van der Waals surface area contributed by atoms with E-state index in [0.29, 0.717) is 33.2 Å². The number of nitrogens with zero attached hydrogens (tertiary/aromatic N) is 3. The van der Waals surface area contributed by atoms with Gasteiger partial charge in [-0.2, -0.15) is 4.73 Å². The maximum absolute atomic E-state index is 11.9. The third-order valence-electron chi connectivity index (χ3n) is 3.03. The van der Waals surface area contributed by atoms with Crippen LogP contribution >= 0.6 is 0 Å². The Balaban J connectivity index is 2.56. The molecule has 0 atom stereocenters. The van der Waals surface area contributed by atoms with E-state index >= 15 is 0 Å². The maximum Gasteiger partial charge on any atom is 0.179 e. The molecular weight excluding hydrogens is 236 g/mol. The second kappa shape index (κ2) is 3.54. The summed E-state index contributed by atoms with van der Waals surface area (Å²) in [5.41, 5.74) is 7.63. The van der Waals surface area contributed by atoms with Crippen LogP contribution in [0.1, 0.15) is 16.1 Å². The van der Waals surface area contributed by atoms with Crippen molar-refractivity contribution in [2.75, 3.05) is 6.54 Å². The van der Waals surface area contributed by atoms with E-state index in [-0.39, 0.29) is 12.3 Å². The Morgan fingerprint density at radius 3 is 3.00 bits per heavy atom. The van der Waals surface area contributed by atoms with E-state index in [1.54, 1.807) is 19.1 Å². The molecule has 2 aromatic heterocycles. The normalized spacial score (nSPS) is 11.4. The first-order valence-electron chi connectivity index (χ1n) is 5.34. The SMILES string of the molecule is Cc1c(C(=O)CN)c2c3nonc3ccc2n1O. The number of aromatic nitrogens is 3. The van der Waals surface area contributed by atoms with Crippen LogP contribution in [0, 0.1) is 6.92 Å². The van der Waals surface area contributed by atoms with Crippen molar-refractivity contribution in [2.24, 2.45) is 5.73 Å². The van der Waals surface area contributed by atoms with Crippen molar-refractivity contribution in [3.63, 3.8) is 0 Å². The number of hydrogen-bond donors (Lipinski definition) is 2. The molecule has 0 aliphatic carbocycles. The van der Waals surface area contributed by atoms with Crippen molar-refractivity contribution in [2.45, 2.75) is 6.92 Å². The van der Waals surface area contributed by atoms with Gasteiger partial charge in [0.05, 0.1) is 23.3 Å². The van der Waals surface area contributed by atoms with Gasteiger partial charge >= 0.3 is 0 Å². The Labute approximate surface area is 101 Å². The minimum atomic E-state index is -0.263. The third-order valence-corrected chi connectivity index (χ3v) is 3.03. The lowest BCUT2D eigenvalue weighted by Gasteiger charge is -1.97. The topological polar surface area (TPSA) is 107 Å². The van der Waals surface area contributed by atoms with Crippen LogP contribution < -0.4 is 5.73 Å². The van der Waals surface area contributed by atoms with Crippen molar-refractivity contribution in [3.8, 4) is 0 Å². The lowest BCUT2D eigenvalue weighted by Crippen LogP contribution is -2.14. The number of Topliss-reactive ketones (excluding diaryl/α,β-unsaturated/α-hetero) is 1. The molecule has 0 radical (unpaired) electrons. The first-order chi connectivity index (χ1) is 8.65. The van der Waals surface area contributed by atoms with E-state index in [9.17, 15) is 10.0 Å². The summed E-state index contributed by atoms with van der Waals surface area (Å²) in [4.78, 5) is 11.9. The summed E-state index contributed by atoms with van der Waals surface area (Å²) in [6.45, 7) is 1.50. The summed E-state index contributed by atoms with van der Waals surface area (Å²) < 4.78 is 5.61. The van der Waals surface area contributed by atoms with Crippen molar-refractivity contribution >= 4 is 27.7 Å². The zero-order chi connectivity index (χ0) is 12.9. The Hall–Kier alpha value is -2.41. The van der Waals surface area contributed by atoms with Crippen LogP contribution in [0.3, 0.4) is 0 Å². The molecule has 0 saturated carbocycles. The van der Waals surface area contributed by atoms with Crippen LogP contribution in [-0.4, -0.2) is 32.6 Å².